The number of fused-ring (bicyclic) bond motifs is 6. The van der Waals surface area contributed by atoms with E-state index >= 15 is 0 Å². The van der Waals surface area contributed by atoms with Crippen LogP contribution in [-0.4, -0.2) is 14.5 Å². The van der Waals surface area contributed by atoms with E-state index in [4.69, 9.17) is 14.4 Å². The maximum atomic E-state index is 6.57. The molecular weight excluding hydrogens is 683 g/mol. The third-order valence-electron chi connectivity index (χ3n) is 10.8. The van der Waals surface area contributed by atoms with E-state index in [1.165, 1.54) is 22.1 Å². The van der Waals surface area contributed by atoms with Crippen molar-refractivity contribution < 1.29 is 4.42 Å². The molecule has 0 spiro atoms. The molecule has 0 aliphatic rings. The first kappa shape index (κ1) is 31.9. The van der Waals surface area contributed by atoms with Gasteiger partial charge in [0.1, 0.15) is 5.58 Å². The Balaban J connectivity index is 1.06. The van der Waals surface area contributed by atoms with Crippen molar-refractivity contribution in [2.24, 2.45) is 0 Å². The normalized spacial score (nSPS) is 11.6. The van der Waals surface area contributed by atoms with E-state index in [9.17, 15) is 0 Å². The Morgan fingerprint density at radius 1 is 0.339 bits per heavy atom. The van der Waals surface area contributed by atoms with Crippen LogP contribution < -0.4 is 0 Å². The number of nitrogens with zero attached hydrogens (tertiary/aromatic N) is 3. The van der Waals surface area contributed by atoms with Crippen molar-refractivity contribution in [3.8, 4) is 61.8 Å². The van der Waals surface area contributed by atoms with Crippen LogP contribution in [0.4, 0.5) is 0 Å². The lowest BCUT2D eigenvalue weighted by molar-refractivity contribution is 0.666. The SMILES string of the molecule is c1ccc(-c2cccc(-c3ccc(-c4cc(-c5ccccc5)nc(-c5ccc6c7ccccc7n(-c7cccc8c7oc7ccccc78)c6c5)n4)cc3)c2)cc1. The van der Waals surface area contributed by atoms with Crippen LogP contribution in [0.5, 0.6) is 0 Å². The molecule has 262 valence electrons. The molecule has 0 saturated heterocycles. The number of para-hydroxylation sites is 3. The second-order valence-electron chi connectivity index (χ2n) is 14.2. The molecule has 0 N–H and O–H groups in total. The van der Waals surface area contributed by atoms with Gasteiger partial charge in [-0.05, 0) is 58.7 Å². The first-order valence-electron chi connectivity index (χ1n) is 18.9. The van der Waals surface area contributed by atoms with Crippen molar-refractivity contribution in [2.45, 2.75) is 0 Å². The van der Waals surface area contributed by atoms with Gasteiger partial charge in [0.25, 0.3) is 0 Å². The van der Waals surface area contributed by atoms with Gasteiger partial charge < -0.3 is 8.98 Å². The van der Waals surface area contributed by atoms with Crippen LogP contribution in [0.2, 0.25) is 0 Å². The first-order chi connectivity index (χ1) is 27.7. The van der Waals surface area contributed by atoms with Gasteiger partial charge in [0.15, 0.2) is 11.4 Å². The van der Waals surface area contributed by atoms with Gasteiger partial charge in [0.2, 0.25) is 0 Å². The highest BCUT2D eigenvalue weighted by Crippen LogP contribution is 2.39. The zero-order chi connectivity index (χ0) is 37.0. The Hall–Kier alpha value is -7.56. The Bertz CT molecular complexity index is 3230. The molecule has 0 amide bonds. The largest absolute Gasteiger partial charge is 0.454 e. The second kappa shape index (κ2) is 13.1. The molecule has 0 unspecified atom stereocenters. The Morgan fingerprint density at radius 2 is 0.875 bits per heavy atom. The summed E-state index contributed by atoms with van der Waals surface area (Å²) >= 11 is 0. The molecule has 0 radical (unpaired) electrons. The van der Waals surface area contributed by atoms with E-state index in [-0.39, 0.29) is 0 Å². The van der Waals surface area contributed by atoms with Crippen molar-refractivity contribution >= 4 is 43.7 Å². The summed E-state index contributed by atoms with van der Waals surface area (Å²) in [6, 6.07) is 70.2. The van der Waals surface area contributed by atoms with Gasteiger partial charge in [-0.3, -0.25) is 0 Å². The predicted molar refractivity (Wildman–Crippen MR) is 231 cm³/mol. The second-order valence-corrected chi connectivity index (χ2v) is 14.2. The summed E-state index contributed by atoms with van der Waals surface area (Å²) in [4.78, 5) is 10.5. The molecule has 11 rings (SSSR count). The minimum atomic E-state index is 0.668. The summed E-state index contributed by atoms with van der Waals surface area (Å²) in [6.07, 6.45) is 0. The Kier molecular flexibility index (Phi) is 7.46. The molecule has 0 bridgehead atoms. The lowest BCUT2D eigenvalue weighted by atomic mass is 9.98. The fourth-order valence-electron chi connectivity index (χ4n) is 8.10. The van der Waals surface area contributed by atoms with Crippen LogP contribution in [0.1, 0.15) is 0 Å². The minimum Gasteiger partial charge on any atom is -0.454 e. The van der Waals surface area contributed by atoms with E-state index < -0.39 is 0 Å². The van der Waals surface area contributed by atoms with Crippen molar-refractivity contribution in [1.29, 1.82) is 0 Å². The molecule has 4 heteroatoms. The van der Waals surface area contributed by atoms with Crippen LogP contribution in [-0.2, 0) is 0 Å². The van der Waals surface area contributed by atoms with E-state index in [1.807, 2.05) is 18.2 Å². The zero-order valence-corrected chi connectivity index (χ0v) is 30.3. The van der Waals surface area contributed by atoms with E-state index in [0.717, 1.165) is 77.7 Å². The molecular formula is C52H33N3O. The highest BCUT2D eigenvalue weighted by molar-refractivity contribution is 6.13. The van der Waals surface area contributed by atoms with E-state index in [1.54, 1.807) is 0 Å². The summed E-state index contributed by atoms with van der Waals surface area (Å²) in [5.41, 5.74) is 14.4. The van der Waals surface area contributed by atoms with Crippen LogP contribution in [0.3, 0.4) is 0 Å². The van der Waals surface area contributed by atoms with Gasteiger partial charge in [0.05, 0.1) is 28.1 Å². The molecule has 0 atom stereocenters. The van der Waals surface area contributed by atoms with E-state index in [2.05, 4.69) is 187 Å². The van der Waals surface area contributed by atoms with Gasteiger partial charge in [-0.2, -0.15) is 0 Å². The van der Waals surface area contributed by atoms with Gasteiger partial charge in [0, 0.05) is 38.2 Å². The monoisotopic (exact) mass is 715 g/mol. The van der Waals surface area contributed by atoms with Crippen LogP contribution in [0, 0.1) is 0 Å². The lowest BCUT2D eigenvalue weighted by Crippen LogP contribution is -1.97. The zero-order valence-electron chi connectivity index (χ0n) is 30.3. The van der Waals surface area contributed by atoms with Gasteiger partial charge in [-0.1, -0.05) is 164 Å². The molecule has 3 aromatic heterocycles. The number of benzene rings is 8. The standard InChI is InChI=1S/C52H33N3O/c1-3-13-34(14-4-1)38-17-11-18-39(31-38)35-25-27-37(28-26-35)46-33-45(36-15-5-2-6-16-36)53-52(54-46)40-29-30-42-41-19-7-9-22-47(41)55(49(42)32-40)48-23-12-21-44-43-20-8-10-24-50(43)56-51(44)48/h1-33H. The minimum absolute atomic E-state index is 0.668. The van der Waals surface area contributed by atoms with Crippen LogP contribution >= 0.6 is 0 Å². The highest BCUT2D eigenvalue weighted by Gasteiger charge is 2.19. The average molecular weight is 716 g/mol. The van der Waals surface area contributed by atoms with Gasteiger partial charge in [-0.15, -0.1) is 0 Å². The highest BCUT2D eigenvalue weighted by atomic mass is 16.3. The predicted octanol–water partition coefficient (Wildman–Crippen LogP) is 13.8. The average Bonchev–Trinajstić information content (AvgIpc) is 3.83. The number of rotatable bonds is 6. The van der Waals surface area contributed by atoms with Crippen molar-refractivity contribution in [3.63, 3.8) is 0 Å². The molecule has 11 aromatic rings. The molecule has 0 aliphatic heterocycles. The molecule has 0 fully saturated rings. The summed E-state index contributed by atoms with van der Waals surface area (Å²) in [6.45, 7) is 0. The van der Waals surface area contributed by atoms with Crippen LogP contribution in [0.25, 0.3) is 106 Å². The topological polar surface area (TPSA) is 43.9 Å². The number of hydrogen-bond donors (Lipinski definition) is 0. The molecule has 4 nitrogen and oxygen atoms in total. The smallest absolute Gasteiger partial charge is 0.160 e. The maximum Gasteiger partial charge on any atom is 0.160 e. The third-order valence-corrected chi connectivity index (χ3v) is 10.8. The molecule has 3 heterocycles. The lowest BCUT2D eigenvalue weighted by Gasteiger charge is -2.12. The number of aromatic nitrogens is 3. The van der Waals surface area contributed by atoms with Crippen molar-refractivity contribution in [3.05, 3.63) is 200 Å². The third kappa shape index (κ3) is 5.39. The number of furan rings is 1. The van der Waals surface area contributed by atoms with E-state index in [0.29, 0.717) is 5.82 Å². The van der Waals surface area contributed by atoms with Crippen LogP contribution in [0.15, 0.2) is 205 Å². The summed E-state index contributed by atoms with van der Waals surface area (Å²) in [7, 11) is 0. The van der Waals surface area contributed by atoms with Crippen molar-refractivity contribution in [1.82, 2.24) is 14.5 Å². The molecule has 56 heavy (non-hydrogen) atoms. The Morgan fingerprint density at radius 3 is 1.64 bits per heavy atom. The summed E-state index contributed by atoms with van der Waals surface area (Å²) in [5.74, 6) is 0.668. The van der Waals surface area contributed by atoms with Gasteiger partial charge in [-0.25, -0.2) is 9.97 Å². The molecule has 8 aromatic carbocycles. The molecule has 0 saturated carbocycles. The Labute approximate surface area is 323 Å². The molecule has 0 aliphatic carbocycles. The summed E-state index contributed by atoms with van der Waals surface area (Å²) < 4.78 is 8.89. The first-order valence-corrected chi connectivity index (χ1v) is 18.9. The van der Waals surface area contributed by atoms with Crippen molar-refractivity contribution in [2.75, 3.05) is 0 Å². The quantitative estimate of drug-likeness (QED) is 0.172. The summed E-state index contributed by atoms with van der Waals surface area (Å²) in [5, 5.41) is 4.54. The maximum absolute atomic E-state index is 6.57. The fraction of sp³-hybridized carbons (Fsp3) is 0. The fourth-order valence-corrected chi connectivity index (χ4v) is 8.10. The number of hydrogen-bond acceptors (Lipinski definition) is 3. The van der Waals surface area contributed by atoms with Gasteiger partial charge >= 0.3 is 0 Å².